The van der Waals surface area contributed by atoms with Gasteiger partial charge < -0.3 is 19.5 Å². The van der Waals surface area contributed by atoms with Gasteiger partial charge in [0.15, 0.2) is 0 Å². The molecule has 1 unspecified atom stereocenters. The molecule has 19 heavy (non-hydrogen) atoms. The third-order valence-corrected chi connectivity index (χ3v) is 2.51. The molecule has 0 aliphatic rings. The summed E-state index contributed by atoms with van der Waals surface area (Å²) in [7, 11) is 4.95. The standard InChI is InChI=1S/C13H23N3O3/c1-13(2,3)19-8-9(14-4)11-12(18-6)16-10(17-5)7-15-11/h7,9,14H,8H2,1-6H3. The molecular weight excluding hydrogens is 246 g/mol. The molecule has 6 nitrogen and oxygen atoms in total. The summed E-state index contributed by atoms with van der Waals surface area (Å²) in [5.74, 6) is 0.864. The summed E-state index contributed by atoms with van der Waals surface area (Å²) < 4.78 is 16.1. The Bertz CT molecular complexity index is 405. The Kier molecular flexibility index (Phi) is 5.50. The number of aromatic nitrogens is 2. The van der Waals surface area contributed by atoms with Crippen molar-refractivity contribution in [2.45, 2.75) is 32.4 Å². The first-order valence-corrected chi connectivity index (χ1v) is 6.17. The Morgan fingerprint density at radius 2 is 1.95 bits per heavy atom. The fraction of sp³-hybridized carbons (Fsp3) is 0.692. The predicted octanol–water partition coefficient (Wildman–Crippen LogP) is 1.57. The highest BCUT2D eigenvalue weighted by Gasteiger charge is 2.21. The van der Waals surface area contributed by atoms with Crippen LogP contribution in [-0.4, -0.2) is 43.4 Å². The summed E-state index contributed by atoms with van der Waals surface area (Å²) in [6.07, 6.45) is 1.57. The maximum absolute atomic E-state index is 5.78. The first-order valence-electron chi connectivity index (χ1n) is 6.17. The number of hydrogen-bond donors (Lipinski definition) is 1. The van der Waals surface area contributed by atoms with Crippen LogP contribution < -0.4 is 14.8 Å². The van der Waals surface area contributed by atoms with Crippen LogP contribution in [0.5, 0.6) is 11.8 Å². The lowest BCUT2D eigenvalue weighted by molar-refractivity contribution is -0.0147. The van der Waals surface area contributed by atoms with Gasteiger partial charge in [0.2, 0.25) is 11.8 Å². The molecule has 0 bridgehead atoms. The van der Waals surface area contributed by atoms with E-state index in [1.807, 2.05) is 27.8 Å². The Morgan fingerprint density at radius 3 is 2.42 bits per heavy atom. The molecule has 0 saturated heterocycles. The Morgan fingerprint density at radius 1 is 1.26 bits per heavy atom. The summed E-state index contributed by atoms with van der Waals surface area (Å²) in [4.78, 5) is 8.56. The second-order valence-electron chi connectivity index (χ2n) is 5.07. The highest BCUT2D eigenvalue weighted by atomic mass is 16.5. The average Bonchev–Trinajstić information content (AvgIpc) is 2.38. The lowest BCUT2D eigenvalue weighted by Gasteiger charge is -2.24. The summed E-state index contributed by atoms with van der Waals surface area (Å²) >= 11 is 0. The highest BCUT2D eigenvalue weighted by molar-refractivity contribution is 5.25. The van der Waals surface area contributed by atoms with Gasteiger partial charge in [-0.2, -0.15) is 4.98 Å². The molecule has 1 rings (SSSR count). The van der Waals surface area contributed by atoms with Crippen molar-refractivity contribution in [1.82, 2.24) is 15.3 Å². The van der Waals surface area contributed by atoms with Crippen LogP contribution >= 0.6 is 0 Å². The highest BCUT2D eigenvalue weighted by Crippen LogP contribution is 2.24. The van der Waals surface area contributed by atoms with Gasteiger partial charge in [-0.1, -0.05) is 0 Å². The maximum atomic E-state index is 5.78. The third kappa shape index (κ3) is 4.65. The number of likely N-dealkylation sites (N-methyl/N-ethyl adjacent to an activating group) is 1. The van der Waals surface area contributed by atoms with Crippen molar-refractivity contribution in [3.63, 3.8) is 0 Å². The smallest absolute Gasteiger partial charge is 0.240 e. The van der Waals surface area contributed by atoms with Gasteiger partial charge in [-0.05, 0) is 27.8 Å². The number of methoxy groups -OCH3 is 2. The molecule has 6 heteroatoms. The van der Waals surface area contributed by atoms with Crippen molar-refractivity contribution >= 4 is 0 Å². The van der Waals surface area contributed by atoms with Crippen molar-refractivity contribution in [3.8, 4) is 11.8 Å². The molecule has 0 spiro atoms. The monoisotopic (exact) mass is 269 g/mol. The first kappa shape index (κ1) is 15.7. The van der Waals surface area contributed by atoms with Gasteiger partial charge in [-0.15, -0.1) is 0 Å². The first-order chi connectivity index (χ1) is 8.91. The molecule has 0 saturated carbocycles. The molecule has 1 N–H and O–H groups in total. The Hall–Kier alpha value is -1.40. The maximum Gasteiger partial charge on any atom is 0.240 e. The minimum atomic E-state index is -0.206. The number of ether oxygens (including phenoxy) is 3. The normalized spacial score (nSPS) is 13.2. The van der Waals surface area contributed by atoms with E-state index in [1.54, 1.807) is 20.4 Å². The topological polar surface area (TPSA) is 65.5 Å². The zero-order valence-electron chi connectivity index (χ0n) is 12.5. The number of nitrogens with one attached hydrogen (secondary N) is 1. The molecule has 0 fully saturated rings. The van der Waals surface area contributed by atoms with Gasteiger partial charge in [0.05, 0.1) is 38.7 Å². The quantitative estimate of drug-likeness (QED) is 0.845. The van der Waals surface area contributed by atoms with E-state index in [0.717, 1.165) is 0 Å². The molecule has 1 aromatic heterocycles. The second kappa shape index (κ2) is 6.68. The zero-order valence-corrected chi connectivity index (χ0v) is 12.5. The molecule has 1 aromatic rings. The van der Waals surface area contributed by atoms with Crippen LogP contribution in [0, 0.1) is 0 Å². The zero-order chi connectivity index (χ0) is 14.5. The van der Waals surface area contributed by atoms with Crippen molar-refractivity contribution in [2.75, 3.05) is 27.9 Å². The fourth-order valence-corrected chi connectivity index (χ4v) is 1.49. The second-order valence-corrected chi connectivity index (χ2v) is 5.07. The molecule has 0 amide bonds. The van der Waals surface area contributed by atoms with Crippen LogP contribution in [0.25, 0.3) is 0 Å². The van der Waals surface area contributed by atoms with E-state index >= 15 is 0 Å². The molecule has 108 valence electrons. The minimum absolute atomic E-state index is 0.0902. The minimum Gasteiger partial charge on any atom is -0.480 e. The van der Waals surface area contributed by atoms with Crippen LogP contribution in [0.15, 0.2) is 6.20 Å². The SMILES string of the molecule is CNC(COC(C)(C)C)c1ncc(OC)nc1OC. The summed E-state index contributed by atoms with van der Waals surface area (Å²) in [6, 6.07) is -0.0902. The van der Waals surface area contributed by atoms with Crippen molar-refractivity contribution in [1.29, 1.82) is 0 Å². The van der Waals surface area contributed by atoms with Crippen LogP contribution in [-0.2, 0) is 4.74 Å². The van der Waals surface area contributed by atoms with E-state index in [0.29, 0.717) is 24.1 Å². The van der Waals surface area contributed by atoms with E-state index in [4.69, 9.17) is 14.2 Å². The Balaban J connectivity index is 2.91. The van der Waals surface area contributed by atoms with Gasteiger partial charge in [0.25, 0.3) is 0 Å². The van der Waals surface area contributed by atoms with Crippen LogP contribution in [0.1, 0.15) is 32.5 Å². The summed E-state index contributed by atoms with van der Waals surface area (Å²) in [6.45, 7) is 6.52. The van der Waals surface area contributed by atoms with Crippen LogP contribution in [0.3, 0.4) is 0 Å². The third-order valence-electron chi connectivity index (χ3n) is 2.51. The molecule has 1 atom stereocenters. The number of hydrogen-bond acceptors (Lipinski definition) is 6. The average molecular weight is 269 g/mol. The van der Waals surface area contributed by atoms with E-state index in [2.05, 4.69) is 15.3 Å². The number of rotatable bonds is 6. The van der Waals surface area contributed by atoms with Gasteiger partial charge >= 0.3 is 0 Å². The fourth-order valence-electron chi connectivity index (χ4n) is 1.49. The number of nitrogens with zero attached hydrogens (tertiary/aromatic N) is 2. The van der Waals surface area contributed by atoms with Crippen molar-refractivity contribution in [2.24, 2.45) is 0 Å². The molecule has 0 aliphatic carbocycles. The van der Waals surface area contributed by atoms with Gasteiger partial charge in [-0.25, -0.2) is 4.98 Å². The lowest BCUT2D eigenvalue weighted by Crippen LogP contribution is -2.29. The van der Waals surface area contributed by atoms with E-state index in [1.165, 1.54) is 0 Å². The largest absolute Gasteiger partial charge is 0.480 e. The Labute approximate surface area is 114 Å². The molecule has 0 aromatic carbocycles. The van der Waals surface area contributed by atoms with E-state index < -0.39 is 0 Å². The summed E-state index contributed by atoms with van der Waals surface area (Å²) in [5.41, 5.74) is 0.498. The molecule has 1 heterocycles. The van der Waals surface area contributed by atoms with E-state index in [-0.39, 0.29) is 11.6 Å². The van der Waals surface area contributed by atoms with Gasteiger partial charge in [0.1, 0.15) is 5.69 Å². The molecule has 0 radical (unpaired) electrons. The summed E-state index contributed by atoms with van der Waals surface area (Å²) in [5, 5.41) is 3.15. The lowest BCUT2D eigenvalue weighted by atomic mass is 10.1. The molecular formula is C13H23N3O3. The van der Waals surface area contributed by atoms with Crippen LogP contribution in [0.2, 0.25) is 0 Å². The van der Waals surface area contributed by atoms with Gasteiger partial charge in [-0.3, -0.25) is 0 Å². The van der Waals surface area contributed by atoms with E-state index in [9.17, 15) is 0 Å². The molecule has 0 aliphatic heterocycles. The predicted molar refractivity (Wildman–Crippen MR) is 72.6 cm³/mol. The van der Waals surface area contributed by atoms with Gasteiger partial charge in [0, 0.05) is 0 Å². The van der Waals surface area contributed by atoms with Crippen molar-refractivity contribution in [3.05, 3.63) is 11.9 Å². The van der Waals surface area contributed by atoms with Crippen molar-refractivity contribution < 1.29 is 14.2 Å². The van der Waals surface area contributed by atoms with Crippen LogP contribution in [0.4, 0.5) is 0 Å².